The van der Waals surface area contributed by atoms with Gasteiger partial charge in [-0.25, -0.2) is 4.98 Å². The summed E-state index contributed by atoms with van der Waals surface area (Å²) in [6.45, 7) is 14.1. The number of aromatic nitrogens is 2. The van der Waals surface area contributed by atoms with Crippen LogP contribution in [0.4, 0.5) is 11.6 Å². The lowest BCUT2D eigenvalue weighted by molar-refractivity contribution is 0.348. The van der Waals surface area contributed by atoms with E-state index in [1.54, 1.807) is 0 Å². The van der Waals surface area contributed by atoms with E-state index in [-0.39, 0.29) is 5.41 Å². The molecule has 0 saturated carbocycles. The van der Waals surface area contributed by atoms with Gasteiger partial charge in [0.15, 0.2) is 0 Å². The number of anilines is 2. The number of hydrogen-bond acceptors (Lipinski definition) is 3. The van der Waals surface area contributed by atoms with E-state index < -0.39 is 0 Å². The molecule has 0 radical (unpaired) electrons. The Hall–Kier alpha value is -2.49. The number of piperazine rings is 1. The first-order chi connectivity index (χ1) is 12.9. The number of fused-ring (bicyclic) bond motifs is 1. The summed E-state index contributed by atoms with van der Waals surface area (Å²) in [5.74, 6) is 1.12. The van der Waals surface area contributed by atoms with Gasteiger partial charge >= 0.3 is 0 Å². The zero-order chi connectivity index (χ0) is 19.0. The summed E-state index contributed by atoms with van der Waals surface area (Å²) < 4.78 is 2.42. The number of imidazole rings is 1. The highest BCUT2D eigenvalue weighted by molar-refractivity contribution is 5.79. The number of benzene rings is 2. The van der Waals surface area contributed by atoms with E-state index in [2.05, 4.69) is 90.6 Å². The standard InChI is InChI=1S/C23H30N4/c1-18-9-5-7-11-20(18)25-13-15-26(16-14-25)22-24-19-10-6-8-12-21(19)27(22)17-23(2,3)4/h5-12H,13-17H2,1-4H3. The van der Waals surface area contributed by atoms with Crippen molar-refractivity contribution in [1.82, 2.24) is 9.55 Å². The third kappa shape index (κ3) is 3.66. The lowest BCUT2D eigenvalue weighted by atomic mass is 9.97. The normalized spacial score (nSPS) is 15.6. The molecular formula is C23H30N4. The fourth-order valence-corrected chi connectivity index (χ4v) is 4.00. The number of para-hydroxylation sites is 3. The molecule has 1 aromatic heterocycles. The van der Waals surface area contributed by atoms with Crippen molar-refractivity contribution >= 4 is 22.7 Å². The van der Waals surface area contributed by atoms with Gasteiger partial charge in [-0.1, -0.05) is 51.1 Å². The Balaban J connectivity index is 1.60. The van der Waals surface area contributed by atoms with E-state index in [0.717, 1.165) is 44.2 Å². The summed E-state index contributed by atoms with van der Waals surface area (Å²) in [7, 11) is 0. The van der Waals surface area contributed by atoms with Crippen molar-refractivity contribution in [2.24, 2.45) is 5.41 Å². The van der Waals surface area contributed by atoms with Crippen molar-refractivity contribution in [2.75, 3.05) is 36.0 Å². The zero-order valence-corrected chi connectivity index (χ0v) is 16.9. The zero-order valence-electron chi connectivity index (χ0n) is 16.9. The predicted molar refractivity (Wildman–Crippen MR) is 115 cm³/mol. The minimum Gasteiger partial charge on any atom is -0.368 e. The van der Waals surface area contributed by atoms with Crippen LogP contribution in [0.5, 0.6) is 0 Å². The van der Waals surface area contributed by atoms with Gasteiger partial charge < -0.3 is 14.4 Å². The van der Waals surface area contributed by atoms with Gasteiger partial charge in [0.25, 0.3) is 0 Å². The molecule has 27 heavy (non-hydrogen) atoms. The maximum absolute atomic E-state index is 5.01. The summed E-state index contributed by atoms with van der Waals surface area (Å²) >= 11 is 0. The number of hydrogen-bond donors (Lipinski definition) is 0. The second-order valence-electron chi connectivity index (χ2n) is 8.81. The first kappa shape index (κ1) is 17.9. The van der Waals surface area contributed by atoms with Crippen LogP contribution in [0.1, 0.15) is 26.3 Å². The highest BCUT2D eigenvalue weighted by Crippen LogP contribution is 2.29. The van der Waals surface area contributed by atoms with Gasteiger partial charge in [0, 0.05) is 38.4 Å². The summed E-state index contributed by atoms with van der Waals surface area (Å²) in [5, 5.41) is 0. The van der Waals surface area contributed by atoms with Crippen molar-refractivity contribution in [3.8, 4) is 0 Å². The Morgan fingerprint density at radius 3 is 2.19 bits per heavy atom. The molecule has 2 aromatic carbocycles. The summed E-state index contributed by atoms with van der Waals surface area (Å²) in [5.41, 5.74) is 5.26. The number of nitrogens with zero attached hydrogens (tertiary/aromatic N) is 4. The van der Waals surface area contributed by atoms with Gasteiger partial charge in [0.05, 0.1) is 11.0 Å². The van der Waals surface area contributed by atoms with Crippen LogP contribution in [0.2, 0.25) is 0 Å². The SMILES string of the molecule is Cc1ccccc1N1CCN(c2nc3ccccc3n2CC(C)(C)C)CC1. The molecule has 1 saturated heterocycles. The number of rotatable bonds is 3. The largest absolute Gasteiger partial charge is 0.368 e. The lowest BCUT2D eigenvalue weighted by Crippen LogP contribution is -2.47. The third-order valence-corrected chi connectivity index (χ3v) is 5.29. The highest BCUT2D eigenvalue weighted by atomic mass is 15.4. The van der Waals surface area contributed by atoms with Crippen molar-refractivity contribution in [3.05, 3.63) is 54.1 Å². The van der Waals surface area contributed by atoms with Crippen LogP contribution >= 0.6 is 0 Å². The van der Waals surface area contributed by atoms with E-state index >= 15 is 0 Å². The van der Waals surface area contributed by atoms with Crippen LogP contribution in [0.3, 0.4) is 0 Å². The molecule has 1 aliphatic heterocycles. The molecule has 4 heteroatoms. The molecule has 4 rings (SSSR count). The van der Waals surface area contributed by atoms with Gasteiger partial charge in [-0.2, -0.15) is 0 Å². The van der Waals surface area contributed by atoms with Crippen LogP contribution in [-0.4, -0.2) is 35.7 Å². The maximum atomic E-state index is 5.01. The molecule has 0 aliphatic carbocycles. The smallest absolute Gasteiger partial charge is 0.206 e. The lowest BCUT2D eigenvalue weighted by Gasteiger charge is -2.38. The van der Waals surface area contributed by atoms with Crippen molar-refractivity contribution < 1.29 is 0 Å². The van der Waals surface area contributed by atoms with Crippen molar-refractivity contribution in [1.29, 1.82) is 0 Å². The number of aryl methyl sites for hydroxylation is 1. The Morgan fingerprint density at radius 1 is 0.852 bits per heavy atom. The molecule has 1 fully saturated rings. The van der Waals surface area contributed by atoms with E-state index in [1.165, 1.54) is 16.8 Å². The topological polar surface area (TPSA) is 24.3 Å². The highest BCUT2D eigenvalue weighted by Gasteiger charge is 2.25. The Morgan fingerprint density at radius 2 is 1.48 bits per heavy atom. The van der Waals surface area contributed by atoms with Gasteiger partial charge in [0.1, 0.15) is 0 Å². The van der Waals surface area contributed by atoms with E-state index in [0.29, 0.717) is 0 Å². The fourth-order valence-electron chi connectivity index (χ4n) is 4.00. The van der Waals surface area contributed by atoms with Crippen LogP contribution < -0.4 is 9.80 Å². The van der Waals surface area contributed by atoms with E-state index in [9.17, 15) is 0 Å². The minimum absolute atomic E-state index is 0.210. The van der Waals surface area contributed by atoms with Crippen LogP contribution in [0, 0.1) is 12.3 Å². The molecule has 0 atom stereocenters. The monoisotopic (exact) mass is 362 g/mol. The molecule has 0 N–H and O–H groups in total. The maximum Gasteiger partial charge on any atom is 0.206 e. The summed E-state index contributed by atoms with van der Waals surface area (Å²) in [6, 6.07) is 17.2. The molecule has 1 aliphatic rings. The quantitative estimate of drug-likeness (QED) is 0.674. The first-order valence-corrected chi connectivity index (χ1v) is 9.93. The molecule has 0 unspecified atom stereocenters. The summed E-state index contributed by atoms with van der Waals surface area (Å²) in [4.78, 5) is 9.97. The van der Waals surface area contributed by atoms with Crippen molar-refractivity contribution in [3.63, 3.8) is 0 Å². The second-order valence-corrected chi connectivity index (χ2v) is 8.81. The average Bonchev–Trinajstić information content (AvgIpc) is 2.99. The fraction of sp³-hybridized carbons (Fsp3) is 0.435. The molecular weight excluding hydrogens is 332 g/mol. The Bertz CT molecular complexity index is 927. The van der Waals surface area contributed by atoms with Crippen molar-refractivity contribution in [2.45, 2.75) is 34.2 Å². The first-order valence-electron chi connectivity index (χ1n) is 9.93. The van der Waals surface area contributed by atoms with E-state index in [1.807, 2.05) is 0 Å². The van der Waals surface area contributed by atoms with Gasteiger partial charge in [-0.15, -0.1) is 0 Å². The molecule has 142 valence electrons. The minimum atomic E-state index is 0.210. The Labute approximate surface area is 162 Å². The van der Waals surface area contributed by atoms with Gasteiger partial charge in [-0.05, 0) is 36.1 Å². The molecule has 0 bridgehead atoms. The molecule has 0 spiro atoms. The summed E-state index contributed by atoms with van der Waals surface area (Å²) in [6.07, 6.45) is 0. The third-order valence-electron chi connectivity index (χ3n) is 5.29. The molecule has 2 heterocycles. The second kappa shape index (κ2) is 6.91. The van der Waals surface area contributed by atoms with Gasteiger partial charge in [0.2, 0.25) is 5.95 Å². The predicted octanol–water partition coefficient (Wildman–Crippen LogP) is 4.72. The van der Waals surface area contributed by atoms with E-state index in [4.69, 9.17) is 4.98 Å². The average molecular weight is 363 g/mol. The Kier molecular flexibility index (Phi) is 4.58. The molecule has 0 amide bonds. The van der Waals surface area contributed by atoms with Crippen LogP contribution in [0.15, 0.2) is 48.5 Å². The van der Waals surface area contributed by atoms with Crippen LogP contribution in [-0.2, 0) is 6.54 Å². The molecule has 3 aromatic rings. The van der Waals surface area contributed by atoms with Gasteiger partial charge in [-0.3, -0.25) is 0 Å². The molecule has 4 nitrogen and oxygen atoms in total. The van der Waals surface area contributed by atoms with Crippen LogP contribution in [0.25, 0.3) is 11.0 Å².